The highest BCUT2D eigenvalue weighted by Gasteiger charge is 2.41. The fourth-order valence-electron chi connectivity index (χ4n) is 4.60. The number of fused-ring (bicyclic) bond motifs is 3. The number of aldehydes is 1. The summed E-state index contributed by atoms with van der Waals surface area (Å²) in [5, 5.41) is 0.916. The Hall–Kier alpha value is -3.16. The minimum absolute atomic E-state index is 0.0753. The molecule has 1 N–H and O–H groups in total. The molecule has 1 aromatic carbocycles. The van der Waals surface area contributed by atoms with Crippen molar-refractivity contribution in [2.45, 2.75) is 71.6 Å². The number of anilines is 1. The van der Waals surface area contributed by atoms with E-state index in [-0.39, 0.29) is 31.8 Å². The van der Waals surface area contributed by atoms with Crippen LogP contribution < -0.4 is 4.90 Å². The number of Topliss-reactive ketones (excluding diaryl/α,β-unsaturated/α-hetero) is 1. The van der Waals surface area contributed by atoms with Crippen molar-refractivity contribution >= 4 is 40.6 Å². The van der Waals surface area contributed by atoms with Crippen molar-refractivity contribution in [2.75, 3.05) is 32.2 Å². The zero-order chi connectivity index (χ0) is 26.2. The first-order valence-corrected chi connectivity index (χ1v) is 12.4. The van der Waals surface area contributed by atoms with Crippen molar-refractivity contribution in [2.24, 2.45) is 0 Å². The third-order valence-electron chi connectivity index (χ3n) is 6.16. The Kier molecular flexibility index (Phi) is 10.0. The first-order valence-electron chi connectivity index (χ1n) is 12.4. The molecular formula is C27H38N2O6. The molecular weight excluding hydrogens is 448 g/mol. The number of carbonyl (C=O) groups is 4. The van der Waals surface area contributed by atoms with Gasteiger partial charge in [0.1, 0.15) is 6.29 Å². The maximum atomic E-state index is 12.6. The Morgan fingerprint density at radius 1 is 1.03 bits per heavy atom. The van der Waals surface area contributed by atoms with Gasteiger partial charge in [0, 0.05) is 37.1 Å². The highest BCUT2D eigenvalue weighted by Crippen LogP contribution is 2.41. The van der Waals surface area contributed by atoms with Gasteiger partial charge in [-0.3, -0.25) is 14.4 Å². The van der Waals surface area contributed by atoms with Crippen LogP contribution in [0, 0.1) is 0 Å². The number of rotatable bonds is 9. The number of aromatic nitrogens is 1. The second-order valence-electron chi connectivity index (χ2n) is 8.66. The Morgan fingerprint density at radius 2 is 1.60 bits per heavy atom. The Morgan fingerprint density at radius 3 is 2.11 bits per heavy atom. The summed E-state index contributed by atoms with van der Waals surface area (Å²) in [6.45, 7) is 7.70. The molecule has 0 amide bonds. The highest BCUT2D eigenvalue weighted by atomic mass is 16.5. The molecule has 1 aliphatic carbocycles. The van der Waals surface area contributed by atoms with Crippen molar-refractivity contribution in [3.8, 4) is 0 Å². The average Bonchev–Trinajstić information content (AvgIpc) is 3.09. The molecule has 0 atom stereocenters. The van der Waals surface area contributed by atoms with Gasteiger partial charge in [0.05, 0.1) is 37.2 Å². The lowest BCUT2D eigenvalue weighted by Crippen LogP contribution is -2.36. The van der Waals surface area contributed by atoms with Gasteiger partial charge in [0.25, 0.3) is 0 Å². The van der Waals surface area contributed by atoms with Gasteiger partial charge in [0.15, 0.2) is 5.78 Å². The minimum atomic E-state index is -1.47. The smallest absolute Gasteiger partial charge is 0.307 e. The molecule has 2 aromatic rings. The third-order valence-corrected chi connectivity index (χ3v) is 6.16. The zero-order valence-corrected chi connectivity index (χ0v) is 21.8. The van der Waals surface area contributed by atoms with Crippen LogP contribution in [0.4, 0.5) is 5.69 Å². The molecule has 0 bridgehead atoms. The zero-order valence-electron chi connectivity index (χ0n) is 21.8. The van der Waals surface area contributed by atoms with Crippen molar-refractivity contribution in [1.82, 2.24) is 4.98 Å². The SMILES string of the molecule is CC.CCOC(=O)CC(C=O)(CC(=O)OCC)c1cc2[nH]c3c(c2cc1N(C)C)CCCCC3=O. The fourth-order valence-corrected chi connectivity index (χ4v) is 4.60. The van der Waals surface area contributed by atoms with E-state index >= 15 is 0 Å². The van der Waals surface area contributed by atoms with Gasteiger partial charge in [-0.15, -0.1) is 0 Å². The van der Waals surface area contributed by atoms with Gasteiger partial charge in [-0.2, -0.15) is 0 Å². The van der Waals surface area contributed by atoms with Crippen LogP contribution >= 0.6 is 0 Å². The second-order valence-corrected chi connectivity index (χ2v) is 8.66. The van der Waals surface area contributed by atoms with Gasteiger partial charge in [-0.25, -0.2) is 0 Å². The summed E-state index contributed by atoms with van der Waals surface area (Å²) in [6.07, 6.45) is 3.12. The van der Waals surface area contributed by atoms with E-state index in [2.05, 4.69) is 4.98 Å². The largest absolute Gasteiger partial charge is 0.466 e. The average molecular weight is 487 g/mol. The molecule has 35 heavy (non-hydrogen) atoms. The second kappa shape index (κ2) is 12.5. The Balaban J connectivity index is 0.00000210. The number of ether oxygens (including phenoxy) is 2. The third kappa shape index (κ3) is 6.10. The lowest BCUT2D eigenvalue weighted by Gasteiger charge is -2.31. The van der Waals surface area contributed by atoms with Crippen molar-refractivity contribution in [3.05, 3.63) is 29.0 Å². The normalized spacial score (nSPS) is 13.3. The molecule has 3 rings (SSSR count). The van der Waals surface area contributed by atoms with Crippen LogP contribution in [0.3, 0.4) is 0 Å². The van der Waals surface area contributed by atoms with E-state index in [4.69, 9.17) is 9.47 Å². The predicted octanol–water partition coefficient (Wildman–Crippen LogP) is 4.51. The molecule has 0 saturated heterocycles. The molecule has 1 heterocycles. The molecule has 8 nitrogen and oxygen atoms in total. The molecule has 1 aromatic heterocycles. The van der Waals surface area contributed by atoms with Crippen LogP contribution in [-0.2, 0) is 35.7 Å². The van der Waals surface area contributed by atoms with Crippen molar-refractivity contribution in [3.63, 3.8) is 0 Å². The van der Waals surface area contributed by atoms with Gasteiger partial charge in [-0.1, -0.05) is 13.8 Å². The van der Waals surface area contributed by atoms with Crippen molar-refractivity contribution < 1.29 is 28.7 Å². The number of aromatic amines is 1. The summed E-state index contributed by atoms with van der Waals surface area (Å²) in [4.78, 5) is 55.4. The van der Waals surface area contributed by atoms with Gasteiger partial charge >= 0.3 is 11.9 Å². The van der Waals surface area contributed by atoms with Crippen LogP contribution in [-0.4, -0.2) is 56.3 Å². The van der Waals surface area contributed by atoms with E-state index in [0.717, 1.165) is 30.2 Å². The van der Waals surface area contributed by atoms with E-state index in [1.807, 2.05) is 38.9 Å². The number of benzene rings is 1. The number of nitrogens with one attached hydrogen (secondary N) is 1. The van der Waals surface area contributed by atoms with E-state index in [0.29, 0.717) is 35.2 Å². The number of carbonyl (C=O) groups excluding carboxylic acids is 4. The number of esters is 2. The van der Waals surface area contributed by atoms with Crippen molar-refractivity contribution in [1.29, 1.82) is 0 Å². The number of ketones is 1. The summed E-state index contributed by atoms with van der Waals surface area (Å²) < 4.78 is 10.3. The summed E-state index contributed by atoms with van der Waals surface area (Å²) in [6, 6.07) is 3.73. The van der Waals surface area contributed by atoms with Crippen LogP contribution in [0.25, 0.3) is 10.9 Å². The maximum Gasteiger partial charge on any atom is 0.307 e. The number of nitrogens with zero attached hydrogens (tertiary/aromatic N) is 1. The van der Waals surface area contributed by atoms with Crippen LogP contribution in [0.15, 0.2) is 12.1 Å². The molecule has 1 aliphatic rings. The van der Waals surface area contributed by atoms with E-state index in [9.17, 15) is 19.2 Å². The lowest BCUT2D eigenvalue weighted by atomic mass is 9.74. The molecule has 0 fully saturated rings. The van der Waals surface area contributed by atoms with Gasteiger partial charge in [0.2, 0.25) is 0 Å². The summed E-state index contributed by atoms with van der Waals surface area (Å²) >= 11 is 0. The van der Waals surface area contributed by atoms with Crippen LogP contribution in [0.2, 0.25) is 0 Å². The lowest BCUT2D eigenvalue weighted by molar-refractivity contribution is -0.149. The minimum Gasteiger partial charge on any atom is -0.466 e. The quantitative estimate of drug-likeness (QED) is 0.316. The van der Waals surface area contributed by atoms with E-state index in [1.165, 1.54) is 0 Å². The predicted molar refractivity (Wildman–Crippen MR) is 136 cm³/mol. The topological polar surface area (TPSA) is 106 Å². The molecule has 0 unspecified atom stereocenters. The van der Waals surface area contributed by atoms with Gasteiger partial charge in [-0.05, 0) is 56.4 Å². The van der Waals surface area contributed by atoms with E-state index < -0.39 is 17.4 Å². The number of aryl methyl sites for hydroxylation is 1. The molecule has 8 heteroatoms. The number of H-pyrrole nitrogens is 1. The molecule has 0 spiro atoms. The first-order chi connectivity index (χ1) is 16.8. The number of hydrogen-bond donors (Lipinski definition) is 1. The molecule has 0 aliphatic heterocycles. The summed E-state index contributed by atoms with van der Waals surface area (Å²) in [5.74, 6) is -1.07. The summed E-state index contributed by atoms with van der Waals surface area (Å²) in [5.41, 5.74) is 2.03. The Labute approximate surface area is 207 Å². The monoisotopic (exact) mass is 486 g/mol. The van der Waals surface area contributed by atoms with Crippen LogP contribution in [0.1, 0.15) is 81.4 Å². The first kappa shape index (κ1) is 28.1. The standard InChI is InChI=1S/C25H32N2O6.C2H6/c1-5-32-22(30)13-25(15-28,14-23(31)33-6-2)18-12-19-17(11-20(18)27(3)4)16-9-7-8-10-21(29)24(16)26-19;1-2/h11-12,15,26H,5-10,13-14H2,1-4H3;1-2H3. The maximum absolute atomic E-state index is 12.6. The molecule has 192 valence electrons. The number of hydrogen-bond acceptors (Lipinski definition) is 7. The highest BCUT2D eigenvalue weighted by molar-refractivity contribution is 6.04. The molecule has 0 saturated carbocycles. The van der Waals surface area contributed by atoms with Crippen LogP contribution in [0.5, 0.6) is 0 Å². The fraction of sp³-hybridized carbons (Fsp3) is 0.556. The Bertz CT molecular complexity index is 1050. The van der Waals surface area contributed by atoms with Gasteiger partial charge < -0.3 is 24.2 Å². The molecule has 0 radical (unpaired) electrons. The summed E-state index contributed by atoms with van der Waals surface area (Å²) in [7, 11) is 3.68. The van der Waals surface area contributed by atoms with E-state index in [1.54, 1.807) is 19.9 Å².